The van der Waals surface area contributed by atoms with Gasteiger partial charge in [0.05, 0.1) is 6.34 Å². The van der Waals surface area contributed by atoms with Crippen LogP contribution in [0.5, 0.6) is 0 Å². The van der Waals surface area contributed by atoms with E-state index < -0.39 is 0 Å². The molecule has 0 fully saturated rings. The summed E-state index contributed by atoms with van der Waals surface area (Å²) in [7, 11) is 1.63. The molecule has 0 bridgehead atoms. The number of amidine groups is 1. The quantitative estimate of drug-likeness (QED) is 0.224. The Bertz CT molecular complexity index is 110. The van der Waals surface area contributed by atoms with Crippen molar-refractivity contribution in [2.45, 2.75) is 6.92 Å². The Morgan fingerprint density at radius 1 is 1.88 bits per heavy atom. The zero-order valence-corrected chi connectivity index (χ0v) is 4.92. The fourth-order valence-electron chi connectivity index (χ4n) is 0.164. The van der Waals surface area contributed by atoms with Crippen LogP contribution in [-0.2, 0) is 0 Å². The van der Waals surface area contributed by atoms with Crippen molar-refractivity contribution in [2.24, 2.45) is 5.16 Å². The Morgan fingerprint density at radius 3 is 2.50 bits per heavy atom. The van der Waals surface area contributed by atoms with Crippen LogP contribution in [0.4, 0.5) is 0 Å². The van der Waals surface area contributed by atoms with Crippen molar-refractivity contribution >= 4 is 12.2 Å². The molecule has 0 rings (SSSR count). The van der Waals surface area contributed by atoms with Gasteiger partial charge in [0.2, 0.25) is 0 Å². The summed E-state index contributed by atoms with van der Waals surface area (Å²) in [4.78, 5) is 1.39. The van der Waals surface area contributed by atoms with Crippen LogP contribution in [0.1, 0.15) is 6.92 Å². The van der Waals surface area contributed by atoms with Gasteiger partial charge < -0.3 is 10.1 Å². The first kappa shape index (κ1) is 6.94. The third-order valence-electron chi connectivity index (χ3n) is 0.849. The molecule has 0 aromatic heterocycles. The zero-order chi connectivity index (χ0) is 6.57. The van der Waals surface area contributed by atoms with Gasteiger partial charge in [-0.2, -0.15) is 0 Å². The number of oxime groups is 1. The molecule has 8 heavy (non-hydrogen) atoms. The number of hydrogen-bond donors (Lipinski definition) is 2. The Kier molecular flexibility index (Phi) is 2.61. The molecule has 0 aliphatic carbocycles. The molecular weight excluding hydrogens is 106 g/mol. The maximum absolute atomic E-state index is 8.08. The molecule has 0 aromatic rings. The Labute approximate surface area is 47.9 Å². The number of nitrogens with zero attached hydrogens (tertiary/aromatic N) is 2. The van der Waals surface area contributed by atoms with E-state index in [1.54, 1.807) is 14.0 Å². The van der Waals surface area contributed by atoms with Crippen molar-refractivity contribution in [2.75, 3.05) is 7.05 Å². The SMILES string of the molecule is C/C(=N/O)N(C)C=N. The highest BCUT2D eigenvalue weighted by Crippen LogP contribution is 1.78. The maximum Gasteiger partial charge on any atom is 0.146 e. The van der Waals surface area contributed by atoms with Crippen LogP contribution in [0, 0.1) is 5.41 Å². The molecule has 0 amide bonds. The summed E-state index contributed by atoms with van der Waals surface area (Å²) in [5, 5.41) is 17.6. The molecule has 4 nitrogen and oxygen atoms in total. The Morgan fingerprint density at radius 2 is 2.38 bits per heavy atom. The lowest BCUT2D eigenvalue weighted by Gasteiger charge is -2.07. The molecule has 0 unspecified atom stereocenters. The summed E-state index contributed by atoms with van der Waals surface area (Å²) >= 11 is 0. The van der Waals surface area contributed by atoms with E-state index in [-0.39, 0.29) is 0 Å². The standard InChI is InChI=1S/C4H9N3O/c1-4(6-8)7(2)3-5/h3,5,8H,1-2H3/b5-3?,6-4-. The lowest BCUT2D eigenvalue weighted by atomic mass is 10.6. The second-order valence-electron chi connectivity index (χ2n) is 1.39. The molecule has 0 atom stereocenters. The van der Waals surface area contributed by atoms with Gasteiger partial charge in [0, 0.05) is 7.05 Å². The first-order valence-corrected chi connectivity index (χ1v) is 2.14. The van der Waals surface area contributed by atoms with Crippen LogP contribution >= 0.6 is 0 Å². The monoisotopic (exact) mass is 115 g/mol. The van der Waals surface area contributed by atoms with Crippen LogP contribution in [0.25, 0.3) is 0 Å². The third kappa shape index (κ3) is 1.59. The number of hydrogen-bond acceptors (Lipinski definition) is 3. The van der Waals surface area contributed by atoms with Crippen molar-refractivity contribution in [1.82, 2.24) is 4.90 Å². The van der Waals surface area contributed by atoms with E-state index in [2.05, 4.69) is 5.16 Å². The zero-order valence-electron chi connectivity index (χ0n) is 4.92. The van der Waals surface area contributed by atoms with Crippen molar-refractivity contribution in [3.05, 3.63) is 0 Å². The summed E-state index contributed by atoms with van der Waals surface area (Å²) < 4.78 is 0. The minimum Gasteiger partial charge on any atom is -0.409 e. The molecule has 0 aromatic carbocycles. The summed E-state index contributed by atoms with van der Waals surface area (Å²) in [6.07, 6.45) is 1.06. The average Bonchev–Trinajstić information content (AvgIpc) is 1.84. The maximum atomic E-state index is 8.08. The van der Waals surface area contributed by atoms with Gasteiger partial charge in [-0.3, -0.25) is 5.41 Å². The predicted molar refractivity (Wildman–Crippen MR) is 31.4 cm³/mol. The predicted octanol–water partition coefficient (Wildman–Crippen LogP) is 0.333. The van der Waals surface area contributed by atoms with Crippen molar-refractivity contribution < 1.29 is 5.21 Å². The fourth-order valence-corrected chi connectivity index (χ4v) is 0.164. The van der Waals surface area contributed by atoms with Crippen molar-refractivity contribution in [3.8, 4) is 0 Å². The van der Waals surface area contributed by atoms with E-state index >= 15 is 0 Å². The van der Waals surface area contributed by atoms with Gasteiger partial charge in [-0.15, -0.1) is 0 Å². The largest absolute Gasteiger partial charge is 0.409 e. The smallest absolute Gasteiger partial charge is 0.146 e. The van der Waals surface area contributed by atoms with Crippen molar-refractivity contribution in [3.63, 3.8) is 0 Å². The van der Waals surface area contributed by atoms with Gasteiger partial charge in [-0.25, -0.2) is 0 Å². The molecule has 0 saturated carbocycles. The minimum absolute atomic E-state index is 0.403. The van der Waals surface area contributed by atoms with Gasteiger partial charge in [-0.05, 0) is 6.92 Å². The summed E-state index contributed by atoms with van der Waals surface area (Å²) in [6, 6.07) is 0. The molecule has 4 heteroatoms. The molecule has 2 N–H and O–H groups in total. The van der Waals surface area contributed by atoms with Gasteiger partial charge >= 0.3 is 0 Å². The van der Waals surface area contributed by atoms with Gasteiger partial charge in [-0.1, -0.05) is 5.16 Å². The number of nitrogens with one attached hydrogen (secondary N) is 1. The highest BCUT2D eigenvalue weighted by atomic mass is 16.4. The van der Waals surface area contributed by atoms with Crippen LogP contribution in [0.15, 0.2) is 5.16 Å². The topological polar surface area (TPSA) is 59.7 Å². The van der Waals surface area contributed by atoms with E-state index in [1.807, 2.05) is 0 Å². The minimum atomic E-state index is 0.403. The van der Waals surface area contributed by atoms with Gasteiger partial charge in [0.15, 0.2) is 0 Å². The molecule has 0 spiro atoms. The van der Waals surface area contributed by atoms with Crippen LogP contribution in [0.3, 0.4) is 0 Å². The van der Waals surface area contributed by atoms with Crippen molar-refractivity contribution in [1.29, 1.82) is 5.41 Å². The molecule has 0 heterocycles. The van der Waals surface area contributed by atoms with E-state index in [0.717, 1.165) is 6.34 Å². The molecule has 46 valence electrons. The highest BCUT2D eigenvalue weighted by Gasteiger charge is 1.92. The molecule has 0 saturated heterocycles. The average molecular weight is 115 g/mol. The second kappa shape index (κ2) is 3.01. The molecule has 0 aliphatic rings. The van der Waals surface area contributed by atoms with E-state index in [1.165, 1.54) is 4.90 Å². The van der Waals surface area contributed by atoms with Crippen LogP contribution in [0.2, 0.25) is 0 Å². The van der Waals surface area contributed by atoms with Crippen LogP contribution in [-0.4, -0.2) is 29.3 Å². The molecular formula is C4H9N3O. The second-order valence-corrected chi connectivity index (χ2v) is 1.39. The van der Waals surface area contributed by atoms with Crippen LogP contribution < -0.4 is 0 Å². The van der Waals surface area contributed by atoms with Gasteiger partial charge in [0.1, 0.15) is 5.84 Å². The van der Waals surface area contributed by atoms with E-state index in [4.69, 9.17) is 10.6 Å². The molecule has 0 aliphatic heterocycles. The van der Waals surface area contributed by atoms with E-state index in [9.17, 15) is 0 Å². The van der Waals surface area contributed by atoms with Gasteiger partial charge in [0.25, 0.3) is 0 Å². The lowest BCUT2D eigenvalue weighted by Crippen LogP contribution is -2.21. The summed E-state index contributed by atoms with van der Waals surface area (Å²) in [6.45, 7) is 1.60. The molecule has 0 radical (unpaired) electrons. The Hall–Kier alpha value is -1.06. The highest BCUT2D eigenvalue weighted by molar-refractivity contribution is 5.88. The van der Waals surface area contributed by atoms with E-state index in [0.29, 0.717) is 5.84 Å². The number of rotatable bonds is 1. The summed E-state index contributed by atoms with van der Waals surface area (Å²) in [5.74, 6) is 0.403. The fraction of sp³-hybridized carbons (Fsp3) is 0.500. The first-order valence-electron chi connectivity index (χ1n) is 2.14. The normalized spacial score (nSPS) is 11.0. The Balaban J connectivity index is 3.81. The first-order chi connectivity index (χ1) is 3.72. The summed E-state index contributed by atoms with van der Waals surface area (Å²) in [5.41, 5.74) is 0. The third-order valence-corrected chi connectivity index (χ3v) is 0.849. The lowest BCUT2D eigenvalue weighted by molar-refractivity contribution is 0.312.